The van der Waals surface area contributed by atoms with Crippen molar-refractivity contribution in [2.45, 2.75) is 19.0 Å². The number of hydrogen-bond acceptors (Lipinski definition) is 4. The first-order valence-electron chi connectivity index (χ1n) is 11.0. The summed E-state index contributed by atoms with van der Waals surface area (Å²) in [6.07, 6.45) is 5.36. The van der Waals surface area contributed by atoms with E-state index >= 15 is 0 Å². The molecule has 1 amide bonds. The standard InChI is InChI=1S/C26H24N6OS/c1-18-12-13-22(32(18)20-10-7-14-27-16-20)25-24(21-11-5-6-15-28-21)30-26(34)31(25)17-23(33)29-19-8-3-2-4-9-19/h2-16,24-25H,17H2,1H3,(H,29,33)(H,30,34)/t24-,25+/m0/s1. The van der Waals surface area contributed by atoms with Crippen LogP contribution in [0.2, 0.25) is 0 Å². The summed E-state index contributed by atoms with van der Waals surface area (Å²) in [6.45, 7) is 2.16. The fourth-order valence-electron chi connectivity index (χ4n) is 4.40. The van der Waals surface area contributed by atoms with Gasteiger partial charge in [0, 0.05) is 29.5 Å². The molecule has 4 aromatic rings. The molecule has 2 atom stereocenters. The van der Waals surface area contributed by atoms with Gasteiger partial charge >= 0.3 is 0 Å². The summed E-state index contributed by atoms with van der Waals surface area (Å²) in [6, 6.07) is 22.9. The number of hydrogen-bond donors (Lipinski definition) is 2. The molecule has 1 saturated heterocycles. The molecule has 4 heterocycles. The second-order valence-electron chi connectivity index (χ2n) is 8.11. The van der Waals surface area contributed by atoms with Gasteiger partial charge in [0.1, 0.15) is 6.54 Å². The van der Waals surface area contributed by atoms with Gasteiger partial charge in [-0.2, -0.15) is 0 Å². The maximum absolute atomic E-state index is 13.0. The summed E-state index contributed by atoms with van der Waals surface area (Å²) in [5.41, 5.74) is 4.62. The van der Waals surface area contributed by atoms with Crippen molar-refractivity contribution in [2.75, 3.05) is 11.9 Å². The number of rotatable bonds is 6. The van der Waals surface area contributed by atoms with E-state index in [1.807, 2.05) is 71.8 Å². The Balaban J connectivity index is 1.54. The van der Waals surface area contributed by atoms with Crippen molar-refractivity contribution in [3.05, 3.63) is 108 Å². The molecule has 5 rings (SSSR count). The van der Waals surface area contributed by atoms with E-state index in [0.717, 1.165) is 28.5 Å². The maximum atomic E-state index is 13.0. The Morgan fingerprint density at radius 2 is 1.85 bits per heavy atom. The molecular weight excluding hydrogens is 444 g/mol. The molecule has 2 N–H and O–H groups in total. The van der Waals surface area contributed by atoms with Crippen molar-refractivity contribution in [2.24, 2.45) is 0 Å². The molecule has 0 aliphatic carbocycles. The first-order chi connectivity index (χ1) is 16.6. The Labute approximate surface area is 203 Å². The topological polar surface area (TPSA) is 75.1 Å². The lowest BCUT2D eigenvalue weighted by Crippen LogP contribution is -2.37. The minimum Gasteiger partial charge on any atom is -0.352 e. The average molecular weight is 469 g/mol. The highest BCUT2D eigenvalue weighted by molar-refractivity contribution is 7.80. The number of aromatic nitrogens is 3. The van der Waals surface area contributed by atoms with Crippen LogP contribution in [0.4, 0.5) is 5.69 Å². The normalized spacial score (nSPS) is 17.4. The summed E-state index contributed by atoms with van der Waals surface area (Å²) in [4.78, 5) is 23.9. The third-order valence-electron chi connectivity index (χ3n) is 5.88. The van der Waals surface area contributed by atoms with Crippen LogP contribution in [-0.2, 0) is 4.79 Å². The Kier molecular flexibility index (Phi) is 6.05. The van der Waals surface area contributed by atoms with Gasteiger partial charge in [-0.1, -0.05) is 24.3 Å². The smallest absolute Gasteiger partial charge is 0.244 e. The molecule has 1 fully saturated rings. The van der Waals surface area contributed by atoms with Crippen LogP contribution in [0, 0.1) is 6.92 Å². The number of nitrogens with one attached hydrogen (secondary N) is 2. The Hall–Kier alpha value is -4.04. The third kappa shape index (κ3) is 4.27. The van der Waals surface area contributed by atoms with Gasteiger partial charge in [-0.3, -0.25) is 14.8 Å². The number of thiocarbonyl (C=S) groups is 1. The van der Waals surface area contributed by atoms with Gasteiger partial charge in [0.2, 0.25) is 5.91 Å². The number of amides is 1. The first kappa shape index (κ1) is 21.8. The van der Waals surface area contributed by atoms with Gasteiger partial charge in [-0.25, -0.2) is 0 Å². The number of carbonyl (C=O) groups excluding carboxylic acids is 1. The van der Waals surface area contributed by atoms with Gasteiger partial charge in [-0.15, -0.1) is 0 Å². The lowest BCUT2D eigenvalue weighted by molar-refractivity contribution is -0.116. The van der Waals surface area contributed by atoms with Gasteiger partial charge < -0.3 is 20.1 Å². The van der Waals surface area contributed by atoms with E-state index in [1.54, 1.807) is 12.4 Å². The van der Waals surface area contributed by atoms with Crippen molar-refractivity contribution in [3.8, 4) is 5.69 Å². The van der Waals surface area contributed by atoms with Crippen molar-refractivity contribution in [3.63, 3.8) is 0 Å². The van der Waals surface area contributed by atoms with Gasteiger partial charge in [0.25, 0.3) is 0 Å². The van der Waals surface area contributed by atoms with Crippen molar-refractivity contribution < 1.29 is 4.79 Å². The second-order valence-corrected chi connectivity index (χ2v) is 8.50. The number of carbonyl (C=O) groups is 1. The van der Waals surface area contributed by atoms with E-state index in [9.17, 15) is 4.79 Å². The van der Waals surface area contributed by atoms with Crippen molar-refractivity contribution >= 4 is 28.9 Å². The SMILES string of the molecule is Cc1ccc([C@@H]2[C@H](c3ccccn3)NC(=S)N2CC(=O)Nc2ccccc2)n1-c1cccnc1. The van der Waals surface area contributed by atoms with Crippen LogP contribution in [-0.4, -0.2) is 37.0 Å². The Bertz CT molecular complexity index is 1290. The third-order valence-corrected chi connectivity index (χ3v) is 6.23. The zero-order chi connectivity index (χ0) is 23.5. The molecule has 0 radical (unpaired) electrons. The predicted octanol–water partition coefficient (Wildman–Crippen LogP) is 4.19. The fraction of sp³-hybridized carbons (Fsp3) is 0.154. The summed E-state index contributed by atoms with van der Waals surface area (Å²) in [5.74, 6) is -0.141. The van der Waals surface area contributed by atoms with Crippen LogP contribution in [0.15, 0.2) is 91.4 Å². The second kappa shape index (κ2) is 9.44. The Morgan fingerprint density at radius 1 is 1.03 bits per heavy atom. The summed E-state index contributed by atoms with van der Waals surface area (Å²) in [7, 11) is 0. The molecule has 1 aliphatic heterocycles. The number of anilines is 1. The van der Waals surface area contributed by atoms with E-state index in [1.165, 1.54) is 0 Å². The first-order valence-corrected chi connectivity index (χ1v) is 11.4. The molecule has 0 unspecified atom stereocenters. The highest BCUT2D eigenvalue weighted by atomic mass is 32.1. The number of benzene rings is 1. The minimum absolute atomic E-state index is 0.103. The molecule has 34 heavy (non-hydrogen) atoms. The van der Waals surface area contributed by atoms with E-state index in [-0.39, 0.29) is 24.5 Å². The number of pyridine rings is 2. The van der Waals surface area contributed by atoms with Crippen LogP contribution in [0.25, 0.3) is 5.69 Å². The summed E-state index contributed by atoms with van der Waals surface area (Å²) < 4.78 is 2.16. The molecular formula is C26H24N6OS. The van der Waals surface area contributed by atoms with Gasteiger partial charge in [-0.05, 0) is 67.7 Å². The highest BCUT2D eigenvalue weighted by Gasteiger charge is 2.42. The zero-order valence-electron chi connectivity index (χ0n) is 18.6. The molecule has 0 bridgehead atoms. The number of nitrogens with zero attached hydrogens (tertiary/aromatic N) is 4. The van der Waals surface area contributed by atoms with Gasteiger partial charge in [0.05, 0.1) is 29.7 Å². The van der Waals surface area contributed by atoms with Crippen LogP contribution >= 0.6 is 12.2 Å². The van der Waals surface area contributed by atoms with Crippen LogP contribution < -0.4 is 10.6 Å². The highest BCUT2D eigenvalue weighted by Crippen LogP contribution is 2.40. The minimum atomic E-state index is -0.252. The summed E-state index contributed by atoms with van der Waals surface area (Å²) in [5, 5.41) is 6.89. The largest absolute Gasteiger partial charge is 0.352 e. The van der Waals surface area contributed by atoms with Crippen LogP contribution in [0.3, 0.4) is 0 Å². The maximum Gasteiger partial charge on any atom is 0.244 e. The van der Waals surface area contributed by atoms with Crippen LogP contribution in [0.1, 0.15) is 29.2 Å². The molecule has 8 heteroatoms. The van der Waals surface area contributed by atoms with Gasteiger partial charge in [0.15, 0.2) is 5.11 Å². The molecule has 170 valence electrons. The average Bonchev–Trinajstić information content (AvgIpc) is 3.40. The monoisotopic (exact) mass is 468 g/mol. The molecule has 0 saturated carbocycles. The lowest BCUT2D eigenvalue weighted by atomic mass is 10.0. The van der Waals surface area contributed by atoms with E-state index in [0.29, 0.717) is 5.11 Å². The Morgan fingerprint density at radius 3 is 2.59 bits per heavy atom. The van der Waals surface area contributed by atoms with E-state index < -0.39 is 0 Å². The predicted molar refractivity (Wildman–Crippen MR) is 136 cm³/mol. The van der Waals surface area contributed by atoms with Crippen molar-refractivity contribution in [1.29, 1.82) is 0 Å². The molecule has 1 aliphatic rings. The molecule has 1 aromatic carbocycles. The zero-order valence-corrected chi connectivity index (χ0v) is 19.4. The lowest BCUT2D eigenvalue weighted by Gasteiger charge is -2.28. The van der Waals surface area contributed by atoms with Crippen LogP contribution in [0.5, 0.6) is 0 Å². The summed E-state index contributed by atoms with van der Waals surface area (Å²) >= 11 is 5.73. The quantitative estimate of drug-likeness (QED) is 0.414. The number of para-hydroxylation sites is 1. The van der Waals surface area contributed by atoms with E-state index in [4.69, 9.17) is 12.2 Å². The molecule has 0 spiro atoms. The molecule has 7 nitrogen and oxygen atoms in total. The van der Waals surface area contributed by atoms with E-state index in [2.05, 4.69) is 44.2 Å². The molecule has 3 aromatic heterocycles. The fourth-order valence-corrected chi connectivity index (χ4v) is 4.71. The number of aryl methyl sites for hydroxylation is 1. The van der Waals surface area contributed by atoms with Crippen molar-refractivity contribution in [1.82, 2.24) is 24.8 Å².